The van der Waals surface area contributed by atoms with Gasteiger partial charge in [-0.3, -0.25) is 10.1 Å². The van der Waals surface area contributed by atoms with Crippen LogP contribution in [0.5, 0.6) is 0 Å². The first kappa shape index (κ1) is 15.7. The molecular formula is C15H16N2O5. The van der Waals surface area contributed by atoms with Crippen LogP contribution >= 0.6 is 0 Å². The molecule has 0 saturated carbocycles. The van der Waals surface area contributed by atoms with Gasteiger partial charge in [-0.1, -0.05) is 24.2 Å². The first-order valence-electron chi connectivity index (χ1n) is 6.84. The van der Waals surface area contributed by atoms with Gasteiger partial charge in [0.1, 0.15) is 17.4 Å². The van der Waals surface area contributed by atoms with Gasteiger partial charge >= 0.3 is 5.97 Å². The van der Waals surface area contributed by atoms with Crippen molar-refractivity contribution in [1.29, 1.82) is 0 Å². The van der Waals surface area contributed by atoms with Crippen LogP contribution in [0.1, 0.15) is 47.3 Å². The maximum atomic E-state index is 12.3. The third-order valence-corrected chi connectivity index (χ3v) is 3.31. The molecule has 0 aliphatic carbocycles. The highest BCUT2D eigenvalue weighted by atomic mass is 16.6. The van der Waals surface area contributed by atoms with Gasteiger partial charge < -0.3 is 9.26 Å². The summed E-state index contributed by atoms with van der Waals surface area (Å²) < 4.78 is 10.4. The Kier molecular flexibility index (Phi) is 4.55. The lowest BCUT2D eigenvalue weighted by atomic mass is 10.1. The SMILES string of the molecule is CCc1noc(C)c1C(=O)O[C@H](C)c1cccc([N+](=O)[O-])c1. The number of rotatable bonds is 5. The Hall–Kier alpha value is -2.70. The summed E-state index contributed by atoms with van der Waals surface area (Å²) in [4.78, 5) is 22.6. The molecule has 2 rings (SSSR count). The van der Waals surface area contributed by atoms with Crippen molar-refractivity contribution in [3.63, 3.8) is 0 Å². The van der Waals surface area contributed by atoms with E-state index in [1.807, 2.05) is 6.92 Å². The lowest BCUT2D eigenvalue weighted by molar-refractivity contribution is -0.385. The molecule has 7 nitrogen and oxygen atoms in total. The van der Waals surface area contributed by atoms with Crippen molar-refractivity contribution in [2.24, 2.45) is 0 Å². The van der Waals surface area contributed by atoms with E-state index in [-0.39, 0.29) is 5.69 Å². The number of esters is 1. The summed E-state index contributed by atoms with van der Waals surface area (Å²) in [6, 6.07) is 6.00. The standard InChI is InChI=1S/C15H16N2O5/c1-4-13-14(10(3)22-16-13)15(18)21-9(2)11-6-5-7-12(8-11)17(19)20/h5-9H,4H2,1-3H3/t9-/m1/s1. The van der Waals surface area contributed by atoms with Crippen LogP contribution in [0.2, 0.25) is 0 Å². The van der Waals surface area contributed by atoms with Crippen LogP contribution in [0.4, 0.5) is 5.69 Å². The number of hydrogen-bond donors (Lipinski definition) is 0. The number of aromatic nitrogens is 1. The Labute approximate surface area is 127 Å². The lowest BCUT2D eigenvalue weighted by Gasteiger charge is -2.13. The Morgan fingerprint density at radius 1 is 1.50 bits per heavy atom. The maximum Gasteiger partial charge on any atom is 0.344 e. The van der Waals surface area contributed by atoms with Gasteiger partial charge in [0.25, 0.3) is 5.69 Å². The predicted octanol–water partition coefficient (Wildman–Crippen LogP) is 3.37. The Morgan fingerprint density at radius 3 is 2.86 bits per heavy atom. The van der Waals surface area contributed by atoms with E-state index in [1.54, 1.807) is 26.0 Å². The number of nitro benzene ring substituents is 1. The van der Waals surface area contributed by atoms with Gasteiger partial charge in [0.2, 0.25) is 0 Å². The minimum atomic E-state index is -0.619. The largest absolute Gasteiger partial charge is 0.454 e. The number of non-ortho nitro benzene ring substituents is 1. The molecule has 1 heterocycles. The van der Waals surface area contributed by atoms with Gasteiger partial charge in [-0.2, -0.15) is 0 Å². The third-order valence-electron chi connectivity index (χ3n) is 3.31. The average Bonchev–Trinajstić information content (AvgIpc) is 2.88. The molecule has 1 aromatic heterocycles. The molecule has 1 aromatic carbocycles. The first-order chi connectivity index (χ1) is 10.4. The summed E-state index contributed by atoms with van der Waals surface area (Å²) in [5.41, 5.74) is 1.36. The predicted molar refractivity (Wildman–Crippen MR) is 77.5 cm³/mol. The number of ether oxygens (including phenoxy) is 1. The topological polar surface area (TPSA) is 95.5 Å². The van der Waals surface area contributed by atoms with Crippen LogP contribution in [0.25, 0.3) is 0 Å². The second-order valence-corrected chi connectivity index (χ2v) is 4.81. The minimum Gasteiger partial charge on any atom is -0.454 e. The maximum absolute atomic E-state index is 12.3. The monoisotopic (exact) mass is 304 g/mol. The van der Waals surface area contributed by atoms with E-state index in [0.717, 1.165) is 0 Å². The van der Waals surface area contributed by atoms with Crippen LogP contribution in [0.15, 0.2) is 28.8 Å². The van der Waals surface area contributed by atoms with E-state index in [4.69, 9.17) is 9.26 Å². The summed E-state index contributed by atoms with van der Waals surface area (Å²) in [6.07, 6.45) is -0.0705. The van der Waals surface area contributed by atoms with E-state index in [2.05, 4.69) is 5.16 Å². The molecule has 0 saturated heterocycles. The van der Waals surface area contributed by atoms with Crippen LogP contribution in [-0.4, -0.2) is 16.0 Å². The molecule has 0 unspecified atom stereocenters. The number of nitrogens with zero attached hydrogens (tertiary/aromatic N) is 2. The first-order valence-corrected chi connectivity index (χ1v) is 6.84. The number of carbonyl (C=O) groups excluding carboxylic acids is 1. The van der Waals surface area contributed by atoms with E-state index in [0.29, 0.717) is 29.0 Å². The molecule has 0 amide bonds. The highest BCUT2D eigenvalue weighted by Gasteiger charge is 2.23. The molecule has 0 aliphatic heterocycles. The van der Waals surface area contributed by atoms with Crippen LogP contribution < -0.4 is 0 Å². The van der Waals surface area contributed by atoms with Crippen LogP contribution in [-0.2, 0) is 11.2 Å². The third kappa shape index (κ3) is 3.13. The van der Waals surface area contributed by atoms with E-state index in [1.165, 1.54) is 12.1 Å². The van der Waals surface area contributed by atoms with Crippen LogP contribution in [0.3, 0.4) is 0 Å². The summed E-state index contributed by atoms with van der Waals surface area (Å²) >= 11 is 0. The van der Waals surface area contributed by atoms with Gasteiger partial charge in [-0.05, 0) is 25.8 Å². The lowest BCUT2D eigenvalue weighted by Crippen LogP contribution is -2.11. The Balaban J connectivity index is 2.19. The Morgan fingerprint density at radius 2 is 2.23 bits per heavy atom. The summed E-state index contributed by atoms with van der Waals surface area (Å²) in [5.74, 6) is -0.150. The van der Waals surface area contributed by atoms with Crippen molar-refractivity contribution in [3.05, 3.63) is 57.0 Å². The van der Waals surface area contributed by atoms with Crippen molar-refractivity contribution in [3.8, 4) is 0 Å². The molecule has 116 valence electrons. The minimum absolute atomic E-state index is 0.0456. The molecule has 2 aromatic rings. The van der Waals surface area contributed by atoms with Crippen molar-refractivity contribution >= 4 is 11.7 Å². The molecule has 7 heteroatoms. The smallest absolute Gasteiger partial charge is 0.344 e. The van der Waals surface area contributed by atoms with Crippen molar-refractivity contribution in [1.82, 2.24) is 5.16 Å². The fourth-order valence-electron chi connectivity index (χ4n) is 2.10. The fourth-order valence-corrected chi connectivity index (χ4v) is 2.10. The van der Waals surface area contributed by atoms with Crippen molar-refractivity contribution in [2.45, 2.75) is 33.3 Å². The van der Waals surface area contributed by atoms with E-state index >= 15 is 0 Å². The van der Waals surface area contributed by atoms with Crippen molar-refractivity contribution < 1.29 is 19.0 Å². The number of nitro groups is 1. The van der Waals surface area contributed by atoms with Gasteiger partial charge in [-0.15, -0.1) is 0 Å². The zero-order chi connectivity index (χ0) is 16.3. The molecule has 0 fully saturated rings. The quantitative estimate of drug-likeness (QED) is 0.477. The summed E-state index contributed by atoms with van der Waals surface area (Å²) in [7, 11) is 0. The second-order valence-electron chi connectivity index (χ2n) is 4.81. The molecule has 0 N–H and O–H groups in total. The molecule has 0 spiro atoms. The van der Waals surface area contributed by atoms with Crippen LogP contribution in [0, 0.1) is 17.0 Å². The highest BCUT2D eigenvalue weighted by molar-refractivity contribution is 5.91. The average molecular weight is 304 g/mol. The van der Waals surface area contributed by atoms with Gasteiger partial charge in [-0.25, -0.2) is 4.79 Å². The normalized spacial score (nSPS) is 12.0. The molecule has 0 aliphatic rings. The number of carbonyl (C=O) groups is 1. The zero-order valence-corrected chi connectivity index (χ0v) is 12.5. The van der Waals surface area contributed by atoms with Gasteiger partial charge in [0.05, 0.1) is 10.6 Å². The van der Waals surface area contributed by atoms with E-state index in [9.17, 15) is 14.9 Å². The number of benzene rings is 1. The van der Waals surface area contributed by atoms with Gasteiger partial charge in [0, 0.05) is 12.1 Å². The van der Waals surface area contributed by atoms with Crippen molar-refractivity contribution in [2.75, 3.05) is 0 Å². The highest BCUT2D eigenvalue weighted by Crippen LogP contribution is 2.24. The molecule has 1 atom stereocenters. The van der Waals surface area contributed by atoms with E-state index < -0.39 is 17.0 Å². The zero-order valence-electron chi connectivity index (χ0n) is 12.5. The molecular weight excluding hydrogens is 288 g/mol. The fraction of sp³-hybridized carbons (Fsp3) is 0.333. The molecule has 0 bridgehead atoms. The number of aryl methyl sites for hydroxylation is 2. The number of hydrogen-bond acceptors (Lipinski definition) is 6. The molecule has 22 heavy (non-hydrogen) atoms. The van der Waals surface area contributed by atoms with Gasteiger partial charge in [0.15, 0.2) is 0 Å². The Bertz CT molecular complexity index is 708. The molecule has 0 radical (unpaired) electrons. The second kappa shape index (κ2) is 6.38. The summed E-state index contributed by atoms with van der Waals surface area (Å²) in [6.45, 7) is 5.16. The summed E-state index contributed by atoms with van der Waals surface area (Å²) in [5, 5.41) is 14.6.